The molecule has 0 saturated heterocycles. The average molecular weight is 235 g/mol. The van der Waals surface area contributed by atoms with Crippen LogP contribution in [0.3, 0.4) is 0 Å². The van der Waals surface area contributed by atoms with E-state index < -0.39 is 0 Å². The fourth-order valence-corrected chi connectivity index (χ4v) is 2.58. The van der Waals surface area contributed by atoms with Gasteiger partial charge in [0.2, 0.25) is 0 Å². The van der Waals surface area contributed by atoms with Crippen molar-refractivity contribution < 1.29 is 5.11 Å². The van der Waals surface area contributed by atoms with Crippen molar-refractivity contribution in [3.63, 3.8) is 0 Å². The van der Waals surface area contributed by atoms with Crippen LogP contribution in [-0.2, 0) is 6.54 Å². The van der Waals surface area contributed by atoms with E-state index in [2.05, 4.69) is 9.88 Å². The van der Waals surface area contributed by atoms with E-state index >= 15 is 0 Å². The van der Waals surface area contributed by atoms with Crippen molar-refractivity contribution in [2.45, 2.75) is 44.4 Å². The lowest BCUT2D eigenvalue weighted by atomic mass is 9.91. The molecule has 1 aromatic heterocycles. The second kappa shape index (κ2) is 5.47. The average Bonchev–Trinajstić information content (AvgIpc) is 2.32. The Balaban J connectivity index is 2.01. The molecule has 4 heteroatoms. The predicted octanol–water partition coefficient (Wildman–Crippen LogP) is 1.40. The zero-order valence-electron chi connectivity index (χ0n) is 10.3. The van der Waals surface area contributed by atoms with E-state index in [9.17, 15) is 5.11 Å². The molecule has 3 N–H and O–H groups in total. The molecule has 2 unspecified atom stereocenters. The Morgan fingerprint density at radius 1 is 1.47 bits per heavy atom. The summed E-state index contributed by atoms with van der Waals surface area (Å²) in [6, 6.07) is 4.15. The van der Waals surface area contributed by atoms with Crippen LogP contribution < -0.4 is 5.73 Å². The molecule has 1 aromatic rings. The number of hydrogen-bond donors (Lipinski definition) is 2. The third kappa shape index (κ3) is 2.96. The molecule has 94 valence electrons. The first-order valence-corrected chi connectivity index (χ1v) is 6.26. The van der Waals surface area contributed by atoms with Gasteiger partial charge in [0.1, 0.15) is 5.82 Å². The van der Waals surface area contributed by atoms with Crippen LogP contribution in [0.15, 0.2) is 18.3 Å². The lowest BCUT2D eigenvalue weighted by Gasteiger charge is -2.35. The van der Waals surface area contributed by atoms with Crippen molar-refractivity contribution >= 4 is 5.82 Å². The van der Waals surface area contributed by atoms with E-state index in [1.807, 2.05) is 19.2 Å². The van der Waals surface area contributed by atoms with Gasteiger partial charge in [-0.2, -0.15) is 0 Å². The van der Waals surface area contributed by atoms with E-state index in [4.69, 9.17) is 5.73 Å². The van der Waals surface area contributed by atoms with Gasteiger partial charge < -0.3 is 10.8 Å². The van der Waals surface area contributed by atoms with Crippen molar-refractivity contribution in [3.05, 3.63) is 23.9 Å². The van der Waals surface area contributed by atoms with Crippen molar-refractivity contribution in [1.29, 1.82) is 0 Å². The summed E-state index contributed by atoms with van der Waals surface area (Å²) in [7, 11) is 2.05. The Bertz CT molecular complexity index is 369. The summed E-state index contributed by atoms with van der Waals surface area (Å²) in [6.45, 7) is 0.751. The minimum absolute atomic E-state index is 0.202. The topological polar surface area (TPSA) is 62.4 Å². The van der Waals surface area contributed by atoms with E-state index in [0.717, 1.165) is 31.4 Å². The molecule has 2 rings (SSSR count). The summed E-state index contributed by atoms with van der Waals surface area (Å²) in [4.78, 5) is 6.28. The minimum atomic E-state index is -0.202. The number of aromatic nitrogens is 1. The first-order valence-electron chi connectivity index (χ1n) is 6.26. The highest BCUT2D eigenvalue weighted by Crippen LogP contribution is 2.24. The van der Waals surface area contributed by atoms with Gasteiger partial charge in [0.25, 0.3) is 0 Å². The third-order valence-electron chi connectivity index (χ3n) is 3.61. The molecule has 0 radical (unpaired) electrons. The molecule has 4 nitrogen and oxygen atoms in total. The number of nitrogen functional groups attached to an aromatic ring is 1. The fourth-order valence-electron chi connectivity index (χ4n) is 2.58. The van der Waals surface area contributed by atoms with Gasteiger partial charge >= 0.3 is 0 Å². The van der Waals surface area contributed by atoms with E-state index in [1.165, 1.54) is 6.42 Å². The van der Waals surface area contributed by atoms with E-state index in [-0.39, 0.29) is 12.1 Å². The molecule has 2 atom stereocenters. The van der Waals surface area contributed by atoms with Gasteiger partial charge in [-0.15, -0.1) is 0 Å². The normalized spacial score (nSPS) is 25.1. The van der Waals surface area contributed by atoms with Gasteiger partial charge in [0, 0.05) is 24.3 Å². The first-order chi connectivity index (χ1) is 8.18. The summed E-state index contributed by atoms with van der Waals surface area (Å²) in [6.07, 6.45) is 5.82. The van der Waals surface area contributed by atoms with Crippen LogP contribution >= 0.6 is 0 Å². The number of anilines is 1. The summed E-state index contributed by atoms with van der Waals surface area (Å²) in [5, 5.41) is 10.00. The van der Waals surface area contributed by atoms with Crippen molar-refractivity contribution in [3.8, 4) is 0 Å². The predicted molar refractivity (Wildman–Crippen MR) is 68.4 cm³/mol. The highest BCUT2D eigenvalue weighted by Gasteiger charge is 2.26. The van der Waals surface area contributed by atoms with Crippen LogP contribution in [-0.4, -0.2) is 34.2 Å². The zero-order valence-corrected chi connectivity index (χ0v) is 10.3. The molecular formula is C13H21N3O. The van der Waals surface area contributed by atoms with Crippen LogP contribution in [0.1, 0.15) is 31.2 Å². The monoisotopic (exact) mass is 235 g/mol. The van der Waals surface area contributed by atoms with Gasteiger partial charge in [-0.1, -0.05) is 18.9 Å². The number of nitrogens with two attached hydrogens (primary N) is 1. The Labute approximate surface area is 102 Å². The van der Waals surface area contributed by atoms with Crippen LogP contribution in [0.2, 0.25) is 0 Å². The molecule has 0 aromatic carbocycles. The van der Waals surface area contributed by atoms with E-state index in [1.54, 1.807) is 6.20 Å². The second-order valence-electron chi connectivity index (χ2n) is 4.88. The van der Waals surface area contributed by atoms with Crippen molar-refractivity contribution in [1.82, 2.24) is 9.88 Å². The lowest BCUT2D eigenvalue weighted by Crippen LogP contribution is -2.42. The molecule has 17 heavy (non-hydrogen) atoms. The SMILES string of the molecule is CN(Cc1cccnc1N)C1CCCCC1O. The maximum atomic E-state index is 10.00. The Hall–Kier alpha value is -1.13. The first kappa shape index (κ1) is 12.3. The van der Waals surface area contributed by atoms with Gasteiger partial charge in [0.15, 0.2) is 0 Å². The zero-order chi connectivity index (χ0) is 12.3. The summed E-state index contributed by atoms with van der Waals surface area (Å²) in [5.41, 5.74) is 6.87. The molecule has 0 amide bonds. The summed E-state index contributed by atoms with van der Waals surface area (Å²) < 4.78 is 0. The largest absolute Gasteiger partial charge is 0.391 e. The molecule has 0 aliphatic heterocycles. The van der Waals surface area contributed by atoms with Crippen LogP contribution in [0.4, 0.5) is 5.82 Å². The second-order valence-corrected chi connectivity index (χ2v) is 4.88. The van der Waals surface area contributed by atoms with Gasteiger partial charge in [0.05, 0.1) is 6.10 Å². The van der Waals surface area contributed by atoms with Gasteiger partial charge in [-0.05, 0) is 26.0 Å². The molecule has 1 aliphatic rings. The maximum Gasteiger partial charge on any atom is 0.127 e. The summed E-state index contributed by atoms with van der Waals surface area (Å²) in [5.74, 6) is 0.588. The van der Waals surface area contributed by atoms with Crippen LogP contribution in [0, 0.1) is 0 Å². The highest BCUT2D eigenvalue weighted by atomic mass is 16.3. The molecule has 1 saturated carbocycles. The van der Waals surface area contributed by atoms with Crippen molar-refractivity contribution in [2.75, 3.05) is 12.8 Å². The number of aliphatic hydroxyl groups excluding tert-OH is 1. The van der Waals surface area contributed by atoms with Gasteiger partial charge in [-0.3, -0.25) is 4.90 Å². The molecule has 1 aliphatic carbocycles. The van der Waals surface area contributed by atoms with Crippen LogP contribution in [0.25, 0.3) is 0 Å². The number of hydrogen-bond acceptors (Lipinski definition) is 4. The molecular weight excluding hydrogens is 214 g/mol. The Morgan fingerprint density at radius 2 is 2.24 bits per heavy atom. The van der Waals surface area contributed by atoms with E-state index in [0.29, 0.717) is 5.82 Å². The van der Waals surface area contributed by atoms with Crippen molar-refractivity contribution in [2.24, 2.45) is 0 Å². The highest BCUT2D eigenvalue weighted by molar-refractivity contribution is 5.38. The summed E-state index contributed by atoms with van der Waals surface area (Å²) >= 11 is 0. The Kier molecular flexibility index (Phi) is 3.97. The fraction of sp³-hybridized carbons (Fsp3) is 0.615. The molecule has 1 fully saturated rings. The minimum Gasteiger partial charge on any atom is -0.391 e. The third-order valence-corrected chi connectivity index (χ3v) is 3.61. The maximum absolute atomic E-state index is 10.00. The standard InChI is InChI=1S/C13H21N3O/c1-16(11-6-2-3-7-12(11)17)9-10-5-4-8-15-13(10)14/h4-5,8,11-12,17H,2-3,6-7,9H2,1H3,(H2,14,15). The van der Waals surface area contributed by atoms with Gasteiger partial charge in [-0.25, -0.2) is 4.98 Å². The smallest absolute Gasteiger partial charge is 0.127 e. The molecule has 0 spiro atoms. The number of pyridine rings is 1. The number of aliphatic hydroxyl groups is 1. The molecule has 0 bridgehead atoms. The lowest BCUT2D eigenvalue weighted by molar-refractivity contribution is 0.0289. The number of likely N-dealkylation sites (N-methyl/N-ethyl adjacent to an activating group) is 1. The quantitative estimate of drug-likeness (QED) is 0.831. The molecule has 1 heterocycles. The number of nitrogens with zero attached hydrogens (tertiary/aromatic N) is 2. The van der Waals surface area contributed by atoms with Crippen LogP contribution in [0.5, 0.6) is 0 Å². The Morgan fingerprint density at radius 3 is 2.94 bits per heavy atom. The number of rotatable bonds is 3.